The molecule has 8 rings (SSSR count). The zero-order valence-corrected chi connectivity index (χ0v) is 27.2. The summed E-state index contributed by atoms with van der Waals surface area (Å²) < 4.78 is 0. The average Bonchev–Trinajstić information content (AvgIpc) is 3.43. The predicted octanol–water partition coefficient (Wildman–Crippen LogP) is 12.4. The van der Waals surface area contributed by atoms with Gasteiger partial charge in [-0.2, -0.15) is 0 Å². The maximum atomic E-state index is 2.49. The van der Waals surface area contributed by atoms with Crippen LogP contribution in [0.5, 0.6) is 0 Å². The van der Waals surface area contributed by atoms with Gasteiger partial charge in [0.15, 0.2) is 0 Å². The minimum atomic E-state index is -0.411. The lowest BCUT2D eigenvalue weighted by Gasteiger charge is -2.34. The summed E-state index contributed by atoms with van der Waals surface area (Å²) in [6, 6.07) is 58.6. The number of benzene rings is 7. The second-order valence-electron chi connectivity index (χ2n) is 12.0. The van der Waals surface area contributed by atoms with Crippen LogP contribution in [0.3, 0.4) is 0 Å². The number of rotatable bonds is 5. The van der Waals surface area contributed by atoms with Gasteiger partial charge in [-0.15, -0.1) is 0 Å². The molecular formula is C46H40. The van der Waals surface area contributed by atoms with Crippen LogP contribution in [0.2, 0.25) is 0 Å². The van der Waals surface area contributed by atoms with Crippen LogP contribution in [0.4, 0.5) is 0 Å². The molecule has 224 valence electrons. The monoisotopic (exact) mass is 592 g/mol. The lowest BCUT2D eigenvalue weighted by molar-refractivity contribution is 0.769. The van der Waals surface area contributed by atoms with Gasteiger partial charge in [-0.05, 0) is 103 Å². The fraction of sp³-hybridized carbons (Fsp3) is 0.130. The molecule has 0 unspecified atom stereocenters. The first-order chi connectivity index (χ1) is 22.7. The highest BCUT2D eigenvalue weighted by molar-refractivity contribution is 5.96. The number of fused-ring (bicyclic) bond motifs is 4. The molecule has 0 aromatic heterocycles. The van der Waals surface area contributed by atoms with Crippen molar-refractivity contribution in [1.82, 2.24) is 0 Å². The molecule has 0 aliphatic heterocycles. The van der Waals surface area contributed by atoms with Crippen molar-refractivity contribution in [3.8, 4) is 33.4 Å². The highest BCUT2D eigenvalue weighted by atomic mass is 14.5. The molecule has 46 heavy (non-hydrogen) atoms. The standard InChI is InChI=1S/C44H34.C2H6/c1-3-31-17-14-23-37(43(31)40-28-33-16-11-10-15-32(33)27-30(40)2)34-25-26-39-38-22-12-13-24-41(38)44(42(39)29-34,35-18-6-4-7-19-35)36-20-8-5-9-21-36;1-2/h4-29H,3H2,1-2H3;1-2H3. The third-order valence-electron chi connectivity index (χ3n) is 9.66. The fourth-order valence-electron chi connectivity index (χ4n) is 7.69. The van der Waals surface area contributed by atoms with Gasteiger partial charge in [-0.3, -0.25) is 0 Å². The average molecular weight is 593 g/mol. The Morgan fingerprint density at radius 2 is 1.02 bits per heavy atom. The minimum Gasteiger partial charge on any atom is -0.0683 e. The van der Waals surface area contributed by atoms with Crippen LogP contribution in [-0.2, 0) is 11.8 Å². The van der Waals surface area contributed by atoms with E-state index in [1.165, 1.54) is 77.5 Å². The van der Waals surface area contributed by atoms with E-state index in [1.54, 1.807) is 0 Å². The maximum absolute atomic E-state index is 2.49. The summed E-state index contributed by atoms with van der Waals surface area (Å²) in [5.41, 5.74) is 15.4. The van der Waals surface area contributed by atoms with Crippen molar-refractivity contribution in [3.05, 3.63) is 191 Å². The molecule has 1 aliphatic carbocycles. The number of hydrogen-bond acceptors (Lipinski definition) is 0. The molecule has 0 spiro atoms. The van der Waals surface area contributed by atoms with Crippen LogP contribution < -0.4 is 0 Å². The van der Waals surface area contributed by atoms with E-state index in [1.807, 2.05) is 13.8 Å². The van der Waals surface area contributed by atoms with Gasteiger partial charge in [0.2, 0.25) is 0 Å². The zero-order chi connectivity index (χ0) is 31.7. The van der Waals surface area contributed by atoms with E-state index in [9.17, 15) is 0 Å². The lowest BCUT2D eigenvalue weighted by atomic mass is 9.67. The smallest absolute Gasteiger partial charge is 0.0683 e. The van der Waals surface area contributed by atoms with Crippen LogP contribution >= 0.6 is 0 Å². The van der Waals surface area contributed by atoms with Crippen LogP contribution in [0.1, 0.15) is 54.2 Å². The van der Waals surface area contributed by atoms with Crippen molar-refractivity contribution < 1.29 is 0 Å². The number of aryl methyl sites for hydroxylation is 2. The van der Waals surface area contributed by atoms with Crippen molar-refractivity contribution in [2.24, 2.45) is 0 Å². The topological polar surface area (TPSA) is 0 Å². The molecule has 0 fully saturated rings. The molecule has 7 aromatic rings. The minimum absolute atomic E-state index is 0.411. The van der Waals surface area contributed by atoms with E-state index in [2.05, 4.69) is 172 Å². The Balaban J connectivity index is 0.00000166. The third-order valence-corrected chi connectivity index (χ3v) is 9.66. The Morgan fingerprint density at radius 3 is 1.70 bits per heavy atom. The van der Waals surface area contributed by atoms with E-state index in [0.717, 1.165) is 6.42 Å². The van der Waals surface area contributed by atoms with Crippen molar-refractivity contribution in [2.45, 2.75) is 39.5 Å². The zero-order valence-electron chi connectivity index (χ0n) is 27.2. The molecule has 0 nitrogen and oxygen atoms in total. The summed E-state index contributed by atoms with van der Waals surface area (Å²) >= 11 is 0. The Bertz CT molecular complexity index is 2110. The van der Waals surface area contributed by atoms with Crippen LogP contribution in [0.15, 0.2) is 158 Å². The Hall–Kier alpha value is -5.20. The highest BCUT2D eigenvalue weighted by Gasteiger charge is 2.46. The molecule has 7 aromatic carbocycles. The molecule has 0 bridgehead atoms. The van der Waals surface area contributed by atoms with E-state index >= 15 is 0 Å². The van der Waals surface area contributed by atoms with E-state index < -0.39 is 5.41 Å². The SMILES string of the molecule is CC.CCc1cccc(-c2ccc3c(c2)C(c2ccccc2)(c2ccccc2)c2ccccc2-3)c1-c1cc2ccccc2cc1C. The molecule has 0 heterocycles. The largest absolute Gasteiger partial charge is 0.0713 e. The van der Waals surface area contributed by atoms with Gasteiger partial charge >= 0.3 is 0 Å². The Kier molecular flexibility index (Phi) is 7.89. The van der Waals surface area contributed by atoms with Crippen molar-refractivity contribution >= 4 is 10.8 Å². The van der Waals surface area contributed by atoms with Gasteiger partial charge in [0.1, 0.15) is 0 Å². The molecule has 0 heteroatoms. The third kappa shape index (κ3) is 4.60. The first-order valence-electron chi connectivity index (χ1n) is 16.7. The first kappa shape index (κ1) is 29.5. The normalized spacial score (nSPS) is 12.6. The molecule has 0 amide bonds. The second kappa shape index (κ2) is 12.3. The van der Waals surface area contributed by atoms with Gasteiger partial charge in [0.05, 0.1) is 5.41 Å². The number of hydrogen-bond donors (Lipinski definition) is 0. The van der Waals surface area contributed by atoms with Crippen molar-refractivity contribution in [2.75, 3.05) is 0 Å². The Morgan fingerprint density at radius 1 is 0.457 bits per heavy atom. The van der Waals surface area contributed by atoms with E-state index in [4.69, 9.17) is 0 Å². The molecule has 0 atom stereocenters. The van der Waals surface area contributed by atoms with E-state index in [-0.39, 0.29) is 0 Å². The van der Waals surface area contributed by atoms with E-state index in [0.29, 0.717) is 0 Å². The van der Waals surface area contributed by atoms with Crippen molar-refractivity contribution in [1.29, 1.82) is 0 Å². The summed E-state index contributed by atoms with van der Waals surface area (Å²) in [7, 11) is 0. The highest BCUT2D eigenvalue weighted by Crippen LogP contribution is 2.57. The van der Waals surface area contributed by atoms with Gasteiger partial charge in [0.25, 0.3) is 0 Å². The summed E-state index contributed by atoms with van der Waals surface area (Å²) in [5, 5.41) is 2.57. The molecule has 0 saturated carbocycles. The van der Waals surface area contributed by atoms with Crippen LogP contribution in [-0.4, -0.2) is 0 Å². The molecule has 1 aliphatic rings. The Labute approximate surface area is 274 Å². The molecular weight excluding hydrogens is 553 g/mol. The van der Waals surface area contributed by atoms with Crippen molar-refractivity contribution in [3.63, 3.8) is 0 Å². The quantitative estimate of drug-likeness (QED) is 0.186. The molecule has 0 N–H and O–H groups in total. The van der Waals surface area contributed by atoms with Gasteiger partial charge in [-0.25, -0.2) is 0 Å². The van der Waals surface area contributed by atoms with Crippen LogP contribution in [0.25, 0.3) is 44.2 Å². The fourth-order valence-corrected chi connectivity index (χ4v) is 7.69. The summed E-state index contributed by atoms with van der Waals surface area (Å²) in [5.74, 6) is 0. The summed E-state index contributed by atoms with van der Waals surface area (Å²) in [6.45, 7) is 8.53. The molecule has 0 radical (unpaired) electrons. The van der Waals surface area contributed by atoms with Gasteiger partial charge in [0, 0.05) is 0 Å². The maximum Gasteiger partial charge on any atom is 0.0713 e. The predicted molar refractivity (Wildman–Crippen MR) is 198 cm³/mol. The lowest BCUT2D eigenvalue weighted by Crippen LogP contribution is -2.28. The molecule has 0 saturated heterocycles. The summed E-state index contributed by atoms with van der Waals surface area (Å²) in [4.78, 5) is 0. The van der Waals surface area contributed by atoms with Gasteiger partial charge in [-0.1, -0.05) is 166 Å². The van der Waals surface area contributed by atoms with Gasteiger partial charge < -0.3 is 0 Å². The first-order valence-corrected chi connectivity index (χ1v) is 16.7. The second-order valence-corrected chi connectivity index (χ2v) is 12.0. The van der Waals surface area contributed by atoms with Crippen LogP contribution in [0, 0.1) is 6.92 Å². The summed E-state index contributed by atoms with van der Waals surface area (Å²) in [6.07, 6.45) is 0.976.